The molecule has 0 aliphatic heterocycles. The summed E-state index contributed by atoms with van der Waals surface area (Å²) in [7, 11) is 1.37. The lowest BCUT2D eigenvalue weighted by molar-refractivity contribution is 0.0600. The smallest absolute Gasteiger partial charge is 0.338 e. The van der Waals surface area contributed by atoms with Crippen LogP contribution >= 0.6 is 0 Å². The van der Waals surface area contributed by atoms with Gasteiger partial charge in [0.05, 0.1) is 18.8 Å². The highest BCUT2D eigenvalue weighted by atomic mass is 16.5. The predicted molar refractivity (Wildman–Crippen MR) is 87.6 cm³/mol. The van der Waals surface area contributed by atoms with E-state index in [0.717, 1.165) is 11.1 Å². The fraction of sp³-hybridized carbons (Fsp3) is 0.211. The third-order valence-electron chi connectivity index (χ3n) is 3.39. The number of carbonyl (C=O) groups is 1. The summed E-state index contributed by atoms with van der Waals surface area (Å²) in [6.45, 7) is 0. The van der Waals surface area contributed by atoms with Gasteiger partial charge in [0.1, 0.15) is 0 Å². The molecule has 0 fully saturated rings. The second kappa shape index (κ2) is 8.15. The van der Waals surface area contributed by atoms with Gasteiger partial charge in [0.25, 0.3) is 0 Å². The van der Waals surface area contributed by atoms with Gasteiger partial charge in [0.2, 0.25) is 0 Å². The van der Waals surface area contributed by atoms with Crippen molar-refractivity contribution >= 4 is 12.0 Å². The minimum absolute atomic E-state index is 0.356. The Hall–Kier alpha value is -2.39. The first-order valence-electron chi connectivity index (χ1n) is 7.26. The van der Waals surface area contributed by atoms with Crippen LogP contribution in [-0.2, 0) is 11.2 Å². The number of rotatable bonds is 6. The van der Waals surface area contributed by atoms with E-state index < -0.39 is 6.10 Å². The summed E-state index contributed by atoms with van der Waals surface area (Å²) in [5.41, 5.74) is 2.43. The second-order valence-corrected chi connectivity index (χ2v) is 5.06. The molecule has 2 rings (SSSR count). The monoisotopic (exact) mass is 296 g/mol. The predicted octanol–water partition coefficient (Wildman–Crippen LogP) is 3.48. The quantitative estimate of drug-likeness (QED) is 0.830. The normalized spacial score (nSPS) is 12.3. The molecule has 0 aliphatic carbocycles. The van der Waals surface area contributed by atoms with Crippen LogP contribution in [0.1, 0.15) is 27.9 Å². The molecule has 1 unspecified atom stereocenters. The SMILES string of the molecule is COC(=O)c1ccccc1C=CCC(O)Cc1ccccc1. The van der Waals surface area contributed by atoms with E-state index in [1.165, 1.54) is 7.11 Å². The highest BCUT2D eigenvalue weighted by molar-refractivity contribution is 5.93. The molecule has 2 aromatic rings. The minimum Gasteiger partial charge on any atom is -0.465 e. The van der Waals surface area contributed by atoms with Crippen LogP contribution in [0.15, 0.2) is 60.7 Å². The zero-order valence-electron chi connectivity index (χ0n) is 12.6. The Morgan fingerprint density at radius 3 is 2.55 bits per heavy atom. The Bertz CT molecular complexity index is 632. The minimum atomic E-state index is -0.441. The van der Waals surface area contributed by atoms with Crippen molar-refractivity contribution in [3.05, 3.63) is 77.4 Å². The molecule has 114 valence electrons. The van der Waals surface area contributed by atoms with Gasteiger partial charge in [-0.1, -0.05) is 60.7 Å². The topological polar surface area (TPSA) is 46.5 Å². The van der Waals surface area contributed by atoms with Gasteiger partial charge < -0.3 is 9.84 Å². The van der Waals surface area contributed by atoms with Crippen LogP contribution < -0.4 is 0 Å². The maximum Gasteiger partial charge on any atom is 0.338 e. The number of esters is 1. The van der Waals surface area contributed by atoms with Crippen LogP contribution in [0.4, 0.5) is 0 Å². The zero-order chi connectivity index (χ0) is 15.8. The Balaban J connectivity index is 1.96. The molecular weight excluding hydrogens is 276 g/mol. The molecule has 3 nitrogen and oxygen atoms in total. The highest BCUT2D eigenvalue weighted by Crippen LogP contribution is 2.13. The molecule has 1 N–H and O–H groups in total. The Morgan fingerprint density at radius 2 is 1.82 bits per heavy atom. The molecule has 0 heterocycles. The molecule has 22 heavy (non-hydrogen) atoms. The second-order valence-electron chi connectivity index (χ2n) is 5.06. The van der Waals surface area contributed by atoms with Crippen molar-refractivity contribution in [2.45, 2.75) is 18.9 Å². The molecule has 0 bridgehead atoms. The van der Waals surface area contributed by atoms with Gasteiger partial charge in [-0.05, 0) is 30.0 Å². The summed E-state index contributed by atoms with van der Waals surface area (Å²) < 4.78 is 4.76. The average molecular weight is 296 g/mol. The molecule has 0 spiro atoms. The first kappa shape index (κ1) is 16.0. The third-order valence-corrected chi connectivity index (χ3v) is 3.39. The number of hydrogen-bond donors (Lipinski definition) is 1. The van der Waals surface area contributed by atoms with Gasteiger partial charge >= 0.3 is 5.97 Å². The number of carbonyl (C=O) groups excluding carboxylic acids is 1. The van der Waals surface area contributed by atoms with Gasteiger partial charge in [0.15, 0.2) is 0 Å². The van der Waals surface area contributed by atoms with E-state index >= 15 is 0 Å². The summed E-state index contributed by atoms with van der Waals surface area (Å²) in [5.74, 6) is -0.356. The standard InChI is InChI=1S/C19H20O3/c1-22-19(21)18-13-6-5-10-16(18)11-7-12-17(20)14-15-8-3-2-4-9-15/h2-11,13,17,20H,12,14H2,1H3. The van der Waals surface area contributed by atoms with E-state index in [-0.39, 0.29) is 5.97 Å². The summed E-state index contributed by atoms with van der Waals surface area (Å²) in [6, 6.07) is 17.1. The Kier molecular flexibility index (Phi) is 5.92. The number of aliphatic hydroxyl groups is 1. The number of ether oxygens (including phenoxy) is 1. The molecular formula is C19H20O3. The van der Waals surface area contributed by atoms with Gasteiger partial charge in [0, 0.05) is 0 Å². The summed E-state index contributed by atoms with van der Waals surface area (Å²) in [4.78, 5) is 11.7. The Morgan fingerprint density at radius 1 is 1.14 bits per heavy atom. The summed E-state index contributed by atoms with van der Waals surface area (Å²) in [5, 5.41) is 10.1. The van der Waals surface area contributed by atoms with E-state index in [1.807, 2.05) is 54.6 Å². The van der Waals surface area contributed by atoms with Gasteiger partial charge in [-0.3, -0.25) is 0 Å². The van der Waals surface area contributed by atoms with Gasteiger partial charge in [-0.15, -0.1) is 0 Å². The molecule has 2 aromatic carbocycles. The van der Waals surface area contributed by atoms with Crippen molar-refractivity contribution in [3.8, 4) is 0 Å². The van der Waals surface area contributed by atoms with E-state index in [1.54, 1.807) is 12.1 Å². The third kappa shape index (κ3) is 4.57. The molecule has 0 saturated heterocycles. The van der Waals surface area contributed by atoms with E-state index in [2.05, 4.69) is 0 Å². The van der Waals surface area contributed by atoms with Crippen molar-refractivity contribution < 1.29 is 14.6 Å². The van der Waals surface area contributed by atoms with Gasteiger partial charge in [-0.25, -0.2) is 4.79 Å². The van der Waals surface area contributed by atoms with Crippen LogP contribution in [0.2, 0.25) is 0 Å². The number of benzene rings is 2. The van der Waals surface area contributed by atoms with Crippen LogP contribution in [0.3, 0.4) is 0 Å². The molecule has 0 amide bonds. The fourth-order valence-corrected chi connectivity index (χ4v) is 2.26. The van der Waals surface area contributed by atoms with Crippen LogP contribution in [0.25, 0.3) is 6.08 Å². The van der Waals surface area contributed by atoms with E-state index in [0.29, 0.717) is 18.4 Å². The molecule has 0 radical (unpaired) electrons. The summed E-state index contributed by atoms with van der Waals surface area (Å²) >= 11 is 0. The summed E-state index contributed by atoms with van der Waals surface area (Å²) in [6.07, 6.45) is 4.44. The van der Waals surface area contributed by atoms with Gasteiger partial charge in [-0.2, -0.15) is 0 Å². The van der Waals surface area contributed by atoms with Crippen molar-refractivity contribution in [3.63, 3.8) is 0 Å². The maximum absolute atomic E-state index is 11.7. The van der Waals surface area contributed by atoms with Crippen molar-refractivity contribution in [2.24, 2.45) is 0 Å². The first-order valence-corrected chi connectivity index (χ1v) is 7.26. The fourth-order valence-electron chi connectivity index (χ4n) is 2.26. The van der Waals surface area contributed by atoms with Crippen LogP contribution in [0, 0.1) is 0 Å². The largest absolute Gasteiger partial charge is 0.465 e. The van der Waals surface area contributed by atoms with Crippen LogP contribution in [-0.4, -0.2) is 24.3 Å². The molecule has 0 aliphatic rings. The molecule has 0 saturated carbocycles. The zero-order valence-corrected chi connectivity index (χ0v) is 12.6. The van der Waals surface area contributed by atoms with Crippen molar-refractivity contribution in [1.82, 2.24) is 0 Å². The molecule has 1 atom stereocenters. The Labute approximate surface area is 130 Å². The van der Waals surface area contributed by atoms with Crippen molar-refractivity contribution in [2.75, 3.05) is 7.11 Å². The first-order chi connectivity index (χ1) is 10.7. The van der Waals surface area contributed by atoms with Crippen LogP contribution in [0.5, 0.6) is 0 Å². The number of methoxy groups -OCH3 is 1. The average Bonchev–Trinajstić information content (AvgIpc) is 2.55. The van der Waals surface area contributed by atoms with Crippen molar-refractivity contribution in [1.29, 1.82) is 0 Å². The van der Waals surface area contributed by atoms with E-state index in [4.69, 9.17) is 4.74 Å². The highest BCUT2D eigenvalue weighted by Gasteiger charge is 2.08. The lowest BCUT2D eigenvalue weighted by Gasteiger charge is -2.08. The number of hydrogen-bond acceptors (Lipinski definition) is 3. The molecule has 0 aromatic heterocycles. The maximum atomic E-state index is 11.7. The molecule has 3 heteroatoms. The number of aliphatic hydroxyl groups excluding tert-OH is 1. The lowest BCUT2D eigenvalue weighted by Crippen LogP contribution is -2.08. The van der Waals surface area contributed by atoms with E-state index in [9.17, 15) is 9.90 Å². The lowest BCUT2D eigenvalue weighted by atomic mass is 10.0.